The van der Waals surface area contributed by atoms with Crippen molar-refractivity contribution in [1.29, 1.82) is 0 Å². The molecule has 5 rings (SSSR count). The van der Waals surface area contributed by atoms with Crippen molar-refractivity contribution in [3.63, 3.8) is 0 Å². The Morgan fingerprint density at radius 3 is 2.70 bits per heavy atom. The third-order valence-corrected chi connectivity index (χ3v) is 6.57. The van der Waals surface area contributed by atoms with Crippen LogP contribution >= 0.6 is 0 Å². The smallest absolute Gasteiger partial charge is 0.263 e. The molecule has 0 atom stereocenters. The van der Waals surface area contributed by atoms with Crippen molar-refractivity contribution < 1.29 is 17.6 Å². The second-order valence-electron chi connectivity index (χ2n) is 7.50. The molecule has 0 unspecified atom stereocenters. The molecule has 33 heavy (non-hydrogen) atoms. The van der Waals surface area contributed by atoms with E-state index in [4.69, 9.17) is 0 Å². The molecule has 10 heteroatoms. The SMILES string of the molecule is O=C(CN=C1NS(=O)(=O)c2ccccc21)Nc1ccc2nc(Cc3ccccc3F)[nH]c2c1. The van der Waals surface area contributed by atoms with E-state index in [0.29, 0.717) is 40.1 Å². The summed E-state index contributed by atoms with van der Waals surface area (Å²) in [5.41, 5.74) is 2.89. The van der Waals surface area contributed by atoms with E-state index in [9.17, 15) is 17.6 Å². The van der Waals surface area contributed by atoms with Gasteiger partial charge >= 0.3 is 0 Å². The van der Waals surface area contributed by atoms with Crippen LogP contribution in [-0.4, -0.2) is 36.7 Å². The van der Waals surface area contributed by atoms with Crippen molar-refractivity contribution in [2.75, 3.05) is 11.9 Å². The van der Waals surface area contributed by atoms with Crippen LogP contribution < -0.4 is 10.0 Å². The summed E-state index contributed by atoms with van der Waals surface area (Å²) in [5.74, 6) is 0.0518. The molecular formula is C23H18FN5O3S. The zero-order chi connectivity index (χ0) is 23.0. The van der Waals surface area contributed by atoms with Gasteiger partial charge in [0.15, 0.2) is 0 Å². The first kappa shape index (κ1) is 20.8. The van der Waals surface area contributed by atoms with Gasteiger partial charge in [-0.1, -0.05) is 30.3 Å². The third kappa shape index (κ3) is 4.20. The number of halogens is 1. The normalized spacial score (nSPS) is 15.4. The lowest BCUT2D eigenvalue weighted by Crippen LogP contribution is -2.24. The fraction of sp³-hybridized carbons (Fsp3) is 0.0870. The Labute approximate surface area is 188 Å². The van der Waals surface area contributed by atoms with Crippen molar-refractivity contribution in [3.05, 3.63) is 89.5 Å². The first-order chi connectivity index (χ1) is 15.9. The summed E-state index contributed by atoms with van der Waals surface area (Å²) < 4.78 is 40.6. The number of aromatic amines is 1. The van der Waals surface area contributed by atoms with E-state index in [1.54, 1.807) is 54.6 Å². The number of fused-ring (bicyclic) bond motifs is 2. The van der Waals surface area contributed by atoms with Crippen molar-refractivity contribution in [3.8, 4) is 0 Å². The number of rotatable bonds is 5. The Bertz CT molecular complexity index is 1530. The summed E-state index contributed by atoms with van der Waals surface area (Å²) in [4.78, 5) is 24.3. The van der Waals surface area contributed by atoms with Crippen molar-refractivity contribution in [2.45, 2.75) is 11.3 Å². The number of imidazole rings is 1. The minimum atomic E-state index is -3.66. The summed E-state index contributed by atoms with van der Waals surface area (Å²) in [6.45, 7) is -0.258. The Balaban J connectivity index is 1.29. The topological polar surface area (TPSA) is 116 Å². The molecule has 3 aromatic carbocycles. The molecule has 0 fully saturated rings. The molecule has 0 aliphatic carbocycles. The van der Waals surface area contributed by atoms with Crippen LogP contribution in [0.4, 0.5) is 10.1 Å². The van der Waals surface area contributed by atoms with Gasteiger partial charge in [-0.3, -0.25) is 14.5 Å². The quantitative estimate of drug-likeness (QED) is 0.422. The van der Waals surface area contributed by atoms with Crippen LogP contribution in [0.3, 0.4) is 0 Å². The molecule has 0 radical (unpaired) electrons. The van der Waals surface area contributed by atoms with Gasteiger partial charge in [0.1, 0.15) is 24.0 Å². The Morgan fingerprint density at radius 2 is 1.85 bits per heavy atom. The predicted molar refractivity (Wildman–Crippen MR) is 122 cm³/mol. The second kappa shape index (κ2) is 8.14. The van der Waals surface area contributed by atoms with Crippen LogP contribution in [-0.2, 0) is 21.2 Å². The Morgan fingerprint density at radius 1 is 1.06 bits per heavy atom. The van der Waals surface area contributed by atoms with E-state index in [2.05, 4.69) is 25.0 Å². The van der Waals surface area contributed by atoms with Gasteiger partial charge < -0.3 is 10.3 Å². The predicted octanol–water partition coefficient (Wildman–Crippen LogP) is 2.97. The molecule has 1 aliphatic rings. The maximum atomic E-state index is 13.9. The molecule has 2 heterocycles. The van der Waals surface area contributed by atoms with Crippen LogP contribution in [0.15, 0.2) is 76.6 Å². The van der Waals surface area contributed by atoms with E-state index >= 15 is 0 Å². The van der Waals surface area contributed by atoms with Crippen molar-refractivity contribution in [1.82, 2.24) is 14.7 Å². The van der Waals surface area contributed by atoms with Gasteiger partial charge in [0, 0.05) is 17.7 Å². The number of anilines is 1. The highest BCUT2D eigenvalue weighted by molar-refractivity contribution is 7.90. The standard InChI is InChI=1S/C23H18FN5O3S/c24-17-7-3-1-5-14(17)11-21-27-18-10-9-15(12-19(18)28-21)26-22(30)13-25-23-16-6-2-4-8-20(16)33(31,32)29-23/h1-10,12H,11,13H2,(H,25,29)(H,26,30)(H,27,28). The lowest BCUT2D eigenvalue weighted by Gasteiger charge is -2.04. The highest BCUT2D eigenvalue weighted by Gasteiger charge is 2.30. The minimum absolute atomic E-state index is 0.139. The van der Waals surface area contributed by atoms with E-state index < -0.39 is 15.9 Å². The lowest BCUT2D eigenvalue weighted by molar-refractivity contribution is -0.114. The number of aromatic nitrogens is 2. The van der Waals surface area contributed by atoms with Crippen LogP contribution in [0.5, 0.6) is 0 Å². The molecule has 1 aliphatic heterocycles. The number of nitrogens with one attached hydrogen (secondary N) is 3. The van der Waals surface area contributed by atoms with Crippen LogP contribution in [0, 0.1) is 5.82 Å². The molecular weight excluding hydrogens is 445 g/mol. The molecule has 0 saturated heterocycles. The molecule has 1 aromatic heterocycles. The third-order valence-electron chi connectivity index (χ3n) is 5.17. The number of aliphatic imine (C=N–C) groups is 1. The van der Waals surface area contributed by atoms with E-state index in [1.165, 1.54) is 12.1 Å². The van der Waals surface area contributed by atoms with Gasteiger partial charge in [-0.25, -0.2) is 17.8 Å². The number of amidine groups is 1. The zero-order valence-electron chi connectivity index (χ0n) is 17.2. The Kier molecular flexibility index (Phi) is 5.14. The Hall–Kier alpha value is -4.05. The number of benzene rings is 3. The van der Waals surface area contributed by atoms with Crippen molar-refractivity contribution >= 4 is 38.5 Å². The molecule has 8 nitrogen and oxygen atoms in total. The molecule has 1 amide bonds. The van der Waals surface area contributed by atoms with E-state index in [1.807, 2.05) is 0 Å². The molecule has 0 bridgehead atoms. The monoisotopic (exact) mass is 463 g/mol. The molecule has 3 N–H and O–H groups in total. The first-order valence-corrected chi connectivity index (χ1v) is 11.6. The molecule has 0 saturated carbocycles. The maximum absolute atomic E-state index is 13.9. The number of hydrogen-bond donors (Lipinski definition) is 3. The van der Waals surface area contributed by atoms with E-state index in [-0.39, 0.29) is 23.1 Å². The van der Waals surface area contributed by atoms with Crippen molar-refractivity contribution in [2.24, 2.45) is 4.99 Å². The minimum Gasteiger partial charge on any atom is -0.342 e. The summed E-state index contributed by atoms with van der Waals surface area (Å²) in [7, 11) is -3.66. The van der Waals surface area contributed by atoms with Crippen LogP contribution in [0.2, 0.25) is 0 Å². The summed E-state index contributed by atoms with van der Waals surface area (Å²) in [6.07, 6.45) is 0.317. The van der Waals surface area contributed by atoms with Crippen LogP contribution in [0.25, 0.3) is 11.0 Å². The van der Waals surface area contributed by atoms with Gasteiger partial charge in [-0.05, 0) is 42.0 Å². The highest BCUT2D eigenvalue weighted by Crippen LogP contribution is 2.22. The molecule has 0 spiro atoms. The maximum Gasteiger partial charge on any atom is 0.263 e. The number of amides is 1. The second-order valence-corrected chi connectivity index (χ2v) is 9.15. The number of H-pyrrole nitrogens is 1. The van der Waals surface area contributed by atoms with Gasteiger partial charge in [0.2, 0.25) is 5.91 Å². The summed E-state index contributed by atoms with van der Waals surface area (Å²) >= 11 is 0. The molecule has 166 valence electrons. The first-order valence-electron chi connectivity index (χ1n) is 10.1. The number of carbonyl (C=O) groups excluding carboxylic acids is 1. The zero-order valence-corrected chi connectivity index (χ0v) is 18.0. The van der Waals surface area contributed by atoms with Gasteiger partial charge in [-0.2, -0.15) is 0 Å². The van der Waals surface area contributed by atoms with Gasteiger partial charge in [-0.15, -0.1) is 0 Å². The largest absolute Gasteiger partial charge is 0.342 e. The van der Waals surface area contributed by atoms with Gasteiger partial charge in [0.05, 0.1) is 15.9 Å². The summed E-state index contributed by atoms with van der Waals surface area (Å²) in [6, 6.07) is 18.2. The number of nitrogens with zero attached hydrogens (tertiary/aromatic N) is 2. The number of sulfonamides is 1. The average molecular weight is 463 g/mol. The fourth-order valence-electron chi connectivity index (χ4n) is 3.65. The fourth-order valence-corrected chi connectivity index (χ4v) is 4.90. The van der Waals surface area contributed by atoms with Crippen LogP contribution in [0.1, 0.15) is 17.0 Å². The number of hydrogen-bond acceptors (Lipinski definition) is 5. The lowest BCUT2D eigenvalue weighted by atomic mass is 10.1. The molecule has 4 aromatic rings. The average Bonchev–Trinajstić information content (AvgIpc) is 3.31. The summed E-state index contributed by atoms with van der Waals surface area (Å²) in [5, 5.41) is 2.74. The van der Waals surface area contributed by atoms with Gasteiger partial charge in [0.25, 0.3) is 10.0 Å². The van der Waals surface area contributed by atoms with E-state index in [0.717, 1.165) is 0 Å². The highest BCUT2D eigenvalue weighted by atomic mass is 32.2. The number of carbonyl (C=O) groups is 1.